The number of hydrogen-bond donors (Lipinski definition) is 1. The summed E-state index contributed by atoms with van der Waals surface area (Å²) < 4.78 is 13.4. The highest BCUT2D eigenvalue weighted by Crippen LogP contribution is 2.25. The van der Waals surface area contributed by atoms with Crippen molar-refractivity contribution in [1.82, 2.24) is 5.32 Å². The van der Waals surface area contributed by atoms with Crippen molar-refractivity contribution < 1.29 is 4.39 Å². The first kappa shape index (κ1) is 15.2. The van der Waals surface area contributed by atoms with E-state index in [2.05, 4.69) is 25.7 Å². The van der Waals surface area contributed by atoms with Crippen molar-refractivity contribution in [3.8, 4) is 0 Å². The van der Waals surface area contributed by atoms with Gasteiger partial charge in [-0.1, -0.05) is 37.6 Å². The van der Waals surface area contributed by atoms with Crippen LogP contribution in [-0.2, 0) is 6.42 Å². The number of halogens is 2. The SMILES string of the molecule is C=CC(C)(CNCCC)Cc1ccc(Cl)c(F)c1. The molecule has 1 N–H and O–H groups in total. The number of nitrogens with one attached hydrogen (secondary N) is 1. The van der Waals surface area contributed by atoms with Gasteiger partial charge in [-0.05, 0) is 37.1 Å². The molecule has 3 heteroatoms. The Morgan fingerprint density at radius 2 is 2.22 bits per heavy atom. The van der Waals surface area contributed by atoms with Crippen LogP contribution in [0.5, 0.6) is 0 Å². The van der Waals surface area contributed by atoms with Gasteiger partial charge in [0.25, 0.3) is 0 Å². The van der Waals surface area contributed by atoms with Gasteiger partial charge in [-0.25, -0.2) is 4.39 Å². The highest BCUT2D eigenvalue weighted by atomic mass is 35.5. The molecule has 0 bridgehead atoms. The third-order valence-corrected chi connectivity index (χ3v) is 3.35. The summed E-state index contributed by atoms with van der Waals surface area (Å²) in [6.07, 6.45) is 3.78. The first-order chi connectivity index (χ1) is 8.50. The lowest BCUT2D eigenvalue weighted by Gasteiger charge is -2.26. The van der Waals surface area contributed by atoms with E-state index in [0.717, 1.165) is 31.5 Å². The molecule has 0 spiro atoms. The Hall–Kier alpha value is -0.860. The van der Waals surface area contributed by atoms with Gasteiger partial charge in [0.15, 0.2) is 0 Å². The molecular formula is C15H21ClFN. The van der Waals surface area contributed by atoms with Gasteiger partial charge < -0.3 is 5.32 Å². The molecule has 100 valence electrons. The van der Waals surface area contributed by atoms with Gasteiger partial charge >= 0.3 is 0 Å². The molecule has 0 amide bonds. The van der Waals surface area contributed by atoms with Gasteiger partial charge in [0.1, 0.15) is 5.82 Å². The minimum atomic E-state index is -0.359. The molecule has 0 aliphatic rings. The Bertz CT molecular complexity index is 405. The average molecular weight is 270 g/mol. The zero-order valence-electron chi connectivity index (χ0n) is 11.1. The van der Waals surface area contributed by atoms with Crippen molar-refractivity contribution in [3.63, 3.8) is 0 Å². The maximum absolute atomic E-state index is 13.4. The highest BCUT2D eigenvalue weighted by molar-refractivity contribution is 6.30. The van der Waals surface area contributed by atoms with Crippen molar-refractivity contribution in [2.75, 3.05) is 13.1 Å². The van der Waals surface area contributed by atoms with Gasteiger partial charge in [0.2, 0.25) is 0 Å². The van der Waals surface area contributed by atoms with Gasteiger partial charge in [0, 0.05) is 12.0 Å². The van der Waals surface area contributed by atoms with E-state index in [1.165, 1.54) is 6.07 Å². The van der Waals surface area contributed by atoms with E-state index in [9.17, 15) is 4.39 Å². The molecule has 1 aromatic carbocycles. The molecule has 18 heavy (non-hydrogen) atoms. The lowest BCUT2D eigenvalue weighted by Crippen LogP contribution is -2.32. The van der Waals surface area contributed by atoms with Crippen LogP contribution in [0.15, 0.2) is 30.9 Å². The Labute approximate surface area is 114 Å². The Morgan fingerprint density at radius 3 is 2.78 bits per heavy atom. The summed E-state index contributed by atoms with van der Waals surface area (Å²) >= 11 is 5.68. The van der Waals surface area contributed by atoms with Crippen molar-refractivity contribution >= 4 is 11.6 Å². The van der Waals surface area contributed by atoms with Gasteiger partial charge in [-0.3, -0.25) is 0 Å². The van der Waals surface area contributed by atoms with Crippen LogP contribution in [-0.4, -0.2) is 13.1 Å². The van der Waals surface area contributed by atoms with Crippen LogP contribution in [0.25, 0.3) is 0 Å². The normalized spacial score (nSPS) is 14.2. The quantitative estimate of drug-likeness (QED) is 0.577. The molecule has 1 aromatic rings. The summed E-state index contributed by atoms with van der Waals surface area (Å²) in [6.45, 7) is 9.97. The number of benzene rings is 1. The third kappa shape index (κ3) is 4.43. The summed E-state index contributed by atoms with van der Waals surface area (Å²) in [7, 11) is 0. The molecule has 0 aromatic heterocycles. The zero-order chi connectivity index (χ0) is 13.6. The molecule has 0 heterocycles. The minimum absolute atomic E-state index is 0.0740. The lowest BCUT2D eigenvalue weighted by atomic mass is 9.83. The maximum Gasteiger partial charge on any atom is 0.142 e. The first-order valence-corrected chi connectivity index (χ1v) is 6.67. The number of rotatable bonds is 7. The molecule has 0 saturated heterocycles. The Kier molecular flexibility index (Phi) is 5.83. The monoisotopic (exact) mass is 269 g/mol. The van der Waals surface area contributed by atoms with Crippen molar-refractivity contribution in [2.45, 2.75) is 26.7 Å². The molecule has 0 saturated carbocycles. The van der Waals surface area contributed by atoms with E-state index in [0.29, 0.717) is 0 Å². The van der Waals surface area contributed by atoms with Crippen LogP contribution in [0.1, 0.15) is 25.8 Å². The predicted octanol–water partition coefficient (Wildman–Crippen LogP) is 4.21. The fourth-order valence-electron chi connectivity index (χ4n) is 1.87. The molecule has 1 atom stereocenters. The average Bonchev–Trinajstić information content (AvgIpc) is 2.34. The van der Waals surface area contributed by atoms with Crippen molar-refractivity contribution in [1.29, 1.82) is 0 Å². The van der Waals surface area contributed by atoms with Gasteiger partial charge in [0.05, 0.1) is 5.02 Å². The summed E-state index contributed by atoms with van der Waals surface area (Å²) in [5.74, 6) is -0.359. The van der Waals surface area contributed by atoms with E-state index in [1.807, 2.05) is 12.1 Å². The smallest absolute Gasteiger partial charge is 0.142 e. The fourth-order valence-corrected chi connectivity index (χ4v) is 1.99. The molecule has 0 aliphatic heterocycles. The fraction of sp³-hybridized carbons (Fsp3) is 0.467. The first-order valence-electron chi connectivity index (χ1n) is 6.29. The molecule has 1 rings (SSSR count). The molecule has 0 radical (unpaired) electrons. The molecule has 0 aliphatic carbocycles. The second-order valence-corrected chi connectivity index (χ2v) is 5.37. The van der Waals surface area contributed by atoms with E-state index >= 15 is 0 Å². The van der Waals surface area contributed by atoms with Crippen molar-refractivity contribution in [3.05, 3.63) is 47.3 Å². The predicted molar refractivity (Wildman–Crippen MR) is 76.6 cm³/mol. The minimum Gasteiger partial charge on any atom is -0.316 e. The largest absolute Gasteiger partial charge is 0.316 e. The second-order valence-electron chi connectivity index (χ2n) is 4.96. The maximum atomic E-state index is 13.4. The van der Waals surface area contributed by atoms with Crippen LogP contribution >= 0.6 is 11.6 Å². The topological polar surface area (TPSA) is 12.0 Å². The summed E-state index contributed by atoms with van der Waals surface area (Å²) in [4.78, 5) is 0. The molecular weight excluding hydrogens is 249 g/mol. The summed E-state index contributed by atoms with van der Waals surface area (Å²) in [5, 5.41) is 3.55. The highest BCUT2D eigenvalue weighted by Gasteiger charge is 2.20. The Balaban J connectivity index is 2.71. The van der Waals surface area contributed by atoms with E-state index < -0.39 is 0 Å². The van der Waals surface area contributed by atoms with Crippen LogP contribution in [0.4, 0.5) is 4.39 Å². The van der Waals surface area contributed by atoms with Gasteiger partial charge in [-0.15, -0.1) is 6.58 Å². The van der Waals surface area contributed by atoms with Gasteiger partial charge in [-0.2, -0.15) is 0 Å². The standard InChI is InChI=1S/C15H21ClFN/c1-4-8-18-11-15(3,5-2)10-12-6-7-13(16)14(17)9-12/h5-7,9,18H,2,4,8,10-11H2,1,3H3. The van der Waals surface area contributed by atoms with Crippen molar-refractivity contribution in [2.24, 2.45) is 5.41 Å². The molecule has 1 unspecified atom stereocenters. The van der Waals surface area contributed by atoms with Crippen LogP contribution in [0.2, 0.25) is 5.02 Å². The molecule has 0 fully saturated rings. The van der Waals surface area contributed by atoms with Crippen LogP contribution in [0, 0.1) is 11.2 Å². The third-order valence-electron chi connectivity index (χ3n) is 3.04. The van der Waals surface area contributed by atoms with E-state index in [-0.39, 0.29) is 16.3 Å². The summed E-state index contributed by atoms with van der Waals surface area (Å²) in [5.41, 5.74) is 0.868. The second kappa shape index (κ2) is 6.91. The van der Waals surface area contributed by atoms with E-state index in [4.69, 9.17) is 11.6 Å². The Morgan fingerprint density at radius 1 is 1.50 bits per heavy atom. The van der Waals surface area contributed by atoms with Crippen LogP contribution < -0.4 is 5.32 Å². The summed E-state index contributed by atoms with van der Waals surface area (Å²) in [6, 6.07) is 4.98. The number of hydrogen-bond acceptors (Lipinski definition) is 1. The zero-order valence-corrected chi connectivity index (χ0v) is 11.9. The molecule has 1 nitrogen and oxygen atoms in total. The van der Waals surface area contributed by atoms with Crippen LogP contribution in [0.3, 0.4) is 0 Å². The lowest BCUT2D eigenvalue weighted by molar-refractivity contribution is 0.391. The van der Waals surface area contributed by atoms with E-state index in [1.54, 1.807) is 6.07 Å².